The summed E-state index contributed by atoms with van der Waals surface area (Å²) in [5.74, 6) is -0.600. The number of rotatable bonds is 4. The van der Waals surface area contributed by atoms with Gasteiger partial charge < -0.3 is 0 Å². The first-order valence-corrected chi connectivity index (χ1v) is 9.50. The van der Waals surface area contributed by atoms with Crippen LogP contribution in [-0.2, 0) is 4.79 Å². The molecule has 0 spiro atoms. The Morgan fingerprint density at radius 1 is 1.15 bits per heavy atom. The van der Waals surface area contributed by atoms with Crippen LogP contribution in [0.1, 0.15) is 25.7 Å². The van der Waals surface area contributed by atoms with Gasteiger partial charge in [0.25, 0.3) is 5.91 Å². The zero-order chi connectivity index (χ0) is 18.9. The van der Waals surface area contributed by atoms with Crippen LogP contribution >= 0.6 is 34.8 Å². The van der Waals surface area contributed by atoms with Gasteiger partial charge in [-0.1, -0.05) is 65.8 Å². The average molecular weight is 418 g/mol. The lowest BCUT2D eigenvalue weighted by molar-refractivity contribution is -0.119. The third kappa shape index (κ3) is 3.98. The lowest BCUT2D eigenvalue weighted by Gasteiger charge is -2.26. The maximum Gasteiger partial charge on any atom is 0.337 e. The number of imide groups is 1. The van der Waals surface area contributed by atoms with E-state index < -0.39 is 21.9 Å². The summed E-state index contributed by atoms with van der Waals surface area (Å²) >= 11 is 18.3. The lowest BCUT2D eigenvalue weighted by Crippen LogP contribution is -2.46. The Kier molecular flexibility index (Phi) is 5.77. The number of hydrogen-bond donors (Lipinski definition) is 1. The summed E-state index contributed by atoms with van der Waals surface area (Å²) in [6, 6.07) is 8.46. The van der Waals surface area contributed by atoms with Gasteiger partial charge in [-0.3, -0.25) is 15.0 Å². The molecule has 2 aliphatic rings. The van der Waals surface area contributed by atoms with Crippen LogP contribution in [0.4, 0.5) is 10.5 Å². The molecule has 1 saturated carbocycles. The minimum Gasteiger partial charge on any atom is -0.289 e. The quantitative estimate of drug-likeness (QED) is 0.600. The number of hydrogen-bond acceptors (Lipinski definition) is 4. The van der Waals surface area contributed by atoms with Crippen LogP contribution in [-0.4, -0.2) is 45.7 Å². The second-order valence-corrected chi connectivity index (χ2v) is 8.73. The first kappa shape index (κ1) is 19.4. The third-order valence-electron chi connectivity index (χ3n) is 4.51. The number of halogens is 3. The minimum absolute atomic E-state index is 0.0643. The van der Waals surface area contributed by atoms with Crippen molar-refractivity contribution in [3.8, 4) is 0 Å². The topological polar surface area (TPSA) is 65.0 Å². The maximum atomic E-state index is 12.6. The first-order valence-electron chi connectivity index (χ1n) is 8.37. The number of para-hydroxylation sites is 1. The molecule has 1 aromatic carbocycles. The molecule has 1 saturated heterocycles. The van der Waals surface area contributed by atoms with Crippen molar-refractivity contribution in [1.29, 1.82) is 0 Å². The monoisotopic (exact) mass is 416 g/mol. The SMILES string of the molecule is CN1C(=O)C(=NC(NC2CCCC2)C(Cl)(Cl)Cl)N(c2ccccc2)C1=O. The fourth-order valence-corrected chi connectivity index (χ4v) is 3.47. The average Bonchev–Trinajstić information content (AvgIpc) is 3.18. The normalized spacial score (nSPS) is 21.9. The van der Waals surface area contributed by atoms with Crippen LogP contribution in [0.2, 0.25) is 0 Å². The van der Waals surface area contributed by atoms with E-state index in [4.69, 9.17) is 34.8 Å². The number of amides is 3. The molecule has 9 heteroatoms. The molecule has 1 atom stereocenters. The van der Waals surface area contributed by atoms with E-state index in [2.05, 4.69) is 10.3 Å². The molecule has 6 nitrogen and oxygen atoms in total. The van der Waals surface area contributed by atoms with Gasteiger partial charge in [0.2, 0.25) is 9.63 Å². The van der Waals surface area contributed by atoms with Crippen LogP contribution in [0.25, 0.3) is 0 Å². The fraction of sp³-hybridized carbons (Fsp3) is 0.471. The highest BCUT2D eigenvalue weighted by molar-refractivity contribution is 6.68. The van der Waals surface area contributed by atoms with Crippen LogP contribution in [0.3, 0.4) is 0 Å². The fourth-order valence-electron chi connectivity index (χ4n) is 3.14. The summed E-state index contributed by atoms with van der Waals surface area (Å²) in [6.07, 6.45) is 3.16. The van der Waals surface area contributed by atoms with E-state index in [9.17, 15) is 9.59 Å². The zero-order valence-electron chi connectivity index (χ0n) is 14.2. The first-order chi connectivity index (χ1) is 12.3. The number of aliphatic imine (C=N–C) groups is 1. The van der Waals surface area contributed by atoms with Gasteiger partial charge in [0, 0.05) is 13.1 Å². The third-order valence-corrected chi connectivity index (χ3v) is 5.13. The summed E-state index contributed by atoms with van der Waals surface area (Å²) in [7, 11) is 1.40. The number of nitrogens with zero attached hydrogens (tertiary/aromatic N) is 3. The number of anilines is 1. The molecule has 3 amide bonds. The van der Waals surface area contributed by atoms with E-state index in [1.807, 2.05) is 6.07 Å². The molecular formula is C17H19Cl3N4O2. The number of alkyl halides is 3. The van der Waals surface area contributed by atoms with Crippen molar-refractivity contribution in [2.24, 2.45) is 4.99 Å². The molecule has 0 radical (unpaired) electrons. The van der Waals surface area contributed by atoms with Crippen LogP contribution in [0.15, 0.2) is 35.3 Å². The molecular weight excluding hydrogens is 399 g/mol. The highest BCUT2D eigenvalue weighted by Crippen LogP contribution is 2.34. The Balaban J connectivity index is 1.97. The van der Waals surface area contributed by atoms with E-state index in [1.54, 1.807) is 24.3 Å². The van der Waals surface area contributed by atoms with Crippen molar-refractivity contribution in [3.63, 3.8) is 0 Å². The van der Waals surface area contributed by atoms with E-state index >= 15 is 0 Å². The molecule has 1 aliphatic heterocycles. The standard InChI is InChI=1S/C17H19Cl3N4O2/c1-23-14(25)13(24(16(23)26)12-9-3-2-4-10-12)22-15(17(18,19)20)21-11-7-5-6-8-11/h2-4,9-11,15,21H,5-8H2,1H3. The molecule has 1 heterocycles. The van der Waals surface area contributed by atoms with Crippen molar-refractivity contribution in [2.75, 3.05) is 11.9 Å². The summed E-state index contributed by atoms with van der Waals surface area (Å²) in [6.45, 7) is 0. The van der Waals surface area contributed by atoms with Gasteiger partial charge >= 0.3 is 6.03 Å². The lowest BCUT2D eigenvalue weighted by atomic mass is 10.2. The van der Waals surface area contributed by atoms with E-state index in [0.717, 1.165) is 30.6 Å². The summed E-state index contributed by atoms with van der Waals surface area (Å²) in [5.41, 5.74) is 0.526. The number of urea groups is 1. The Hall–Kier alpha value is -1.34. The van der Waals surface area contributed by atoms with Gasteiger partial charge in [-0.25, -0.2) is 14.7 Å². The smallest absolute Gasteiger partial charge is 0.289 e. The van der Waals surface area contributed by atoms with Gasteiger partial charge in [0.15, 0.2) is 0 Å². The van der Waals surface area contributed by atoms with Crippen molar-refractivity contribution in [3.05, 3.63) is 30.3 Å². The molecule has 1 aromatic rings. The number of amidine groups is 1. The Bertz CT molecular complexity index is 714. The Labute approximate surface area is 167 Å². The Morgan fingerprint density at radius 2 is 1.77 bits per heavy atom. The molecule has 26 heavy (non-hydrogen) atoms. The molecule has 140 valence electrons. The predicted octanol–water partition coefficient (Wildman–Crippen LogP) is 3.71. The number of carbonyl (C=O) groups excluding carboxylic acids is 2. The van der Waals surface area contributed by atoms with Crippen molar-refractivity contribution < 1.29 is 9.59 Å². The van der Waals surface area contributed by atoms with Gasteiger partial charge in [0.1, 0.15) is 6.17 Å². The second-order valence-electron chi connectivity index (χ2n) is 6.36. The highest BCUT2D eigenvalue weighted by Gasteiger charge is 2.44. The zero-order valence-corrected chi connectivity index (χ0v) is 16.4. The van der Waals surface area contributed by atoms with Crippen LogP contribution in [0.5, 0.6) is 0 Å². The minimum atomic E-state index is -1.76. The number of carbonyl (C=O) groups is 2. The van der Waals surface area contributed by atoms with Crippen molar-refractivity contribution >= 4 is 58.3 Å². The van der Waals surface area contributed by atoms with Gasteiger partial charge in [0.05, 0.1) is 5.69 Å². The van der Waals surface area contributed by atoms with Gasteiger partial charge in [-0.15, -0.1) is 0 Å². The van der Waals surface area contributed by atoms with Crippen molar-refractivity contribution in [2.45, 2.75) is 41.7 Å². The summed E-state index contributed by atoms with van der Waals surface area (Å²) < 4.78 is -1.76. The maximum absolute atomic E-state index is 12.6. The number of likely N-dealkylation sites (N-methyl/N-ethyl adjacent to an activating group) is 1. The molecule has 0 bridgehead atoms. The molecule has 3 rings (SSSR count). The number of nitrogens with one attached hydrogen (secondary N) is 1. The van der Waals surface area contributed by atoms with E-state index in [-0.39, 0.29) is 11.9 Å². The van der Waals surface area contributed by atoms with Crippen molar-refractivity contribution in [1.82, 2.24) is 10.2 Å². The number of benzene rings is 1. The molecule has 1 aliphatic carbocycles. The van der Waals surface area contributed by atoms with Gasteiger partial charge in [-0.05, 0) is 25.0 Å². The summed E-state index contributed by atoms with van der Waals surface area (Å²) in [4.78, 5) is 31.7. The van der Waals surface area contributed by atoms with E-state index in [0.29, 0.717) is 5.69 Å². The van der Waals surface area contributed by atoms with Crippen LogP contribution in [0, 0.1) is 0 Å². The molecule has 1 N–H and O–H groups in total. The Morgan fingerprint density at radius 3 is 2.35 bits per heavy atom. The predicted molar refractivity (Wildman–Crippen MR) is 104 cm³/mol. The molecule has 0 aromatic heterocycles. The highest BCUT2D eigenvalue weighted by atomic mass is 35.6. The second kappa shape index (κ2) is 7.72. The molecule has 1 unspecified atom stereocenters. The van der Waals surface area contributed by atoms with Crippen LogP contribution < -0.4 is 10.2 Å². The van der Waals surface area contributed by atoms with E-state index in [1.165, 1.54) is 11.9 Å². The van der Waals surface area contributed by atoms with Gasteiger partial charge in [-0.2, -0.15) is 0 Å². The largest absolute Gasteiger partial charge is 0.337 e. The molecule has 2 fully saturated rings. The summed E-state index contributed by atoms with van der Waals surface area (Å²) in [5, 5.41) is 3.21.